The number of hydrogen-bond acceptors (Lipinski definition) is 6. The molecule has 0 bridgehead atoms. The summed E-state index contributed by atoms with van der Waals surface area (Å²) in [6.07, 6.45) is 1.81. The Hall–Kier alpha value is -2.71. The third-order valence-electron chi connectivity index (χ3n) is 4.13. The summed E-state index contributed by atoms with van der Waals surface area (Å²) in [5.74, 6) is 1.98. The van der Waals surface area contributed by atoms with Crippen molar-refractivity contribution in [2.24, 2.45) is 0 Å². The second-order valence-corrected chi connectivity index (χ2v) is 7.73. The lowest BCUT2D eigenvalue weighted by Crippen LogP contribution is -2.11. The molecule has 0 aliphatic heterocycles. The molecule has 0 spiro atoms. The Bertz CT molecular complexity index is 1160. The third-order valence-corrected chi connectivity index (χ3v) is 5.98. The maximum absolute atomic E-state index is 12.7. The van der Waals surface area contributed by atoms with E-state index in [0.717, 1.165) is 26.9 Å². The van der Waals surface area contributed by atoms with Crippen LogP contribution in [0.5, 0.6) is 0 Å². The molecular formula is C19H17N5OS2. The lowest BCUT2D eigenvalue weighted by atomic mass is 10.1. The molecule has 1 N–H and O–H groups in total. The minimum Gasteiger partial charge on any atom is -0.309 e. The second-order valence-electron chi connectivity index (χ2n) is 5.93. The van der Waals surface area contributed by atoms with Crippen molar-refractivity contribution in [3.8, 4) is 11.1 Å². The summed E-state index contributed by atoms with van der Waals surface area (Å²) in [6, 6.07) is 9.89. The highest BCUT2D eigenvalue weighted by molar-refractivity contribution is 7.98. The van der Waals surface area contributed by atoms with E-state index in [2.05, 4.69) is 26.7 Å². The monoisotopic (exact) mass is 395 g/mol. The van der Waals surface area contributed by atoms with E-state index >= 15 is 0 Å². The first-order chi connectivity index (χ1) is 13.2. The van der Waals surface area contributed by atoms with Crippen molar-refractivity contribution < 1.29 is 0 Å². The van der Waals surface area contributed by atoms with Crippen molar-refractivity contribution in [2.75, 3.05) is 0 Å². The SMILES string of the molecule is C=CCn1c(C)nnc1SCc1nc2scc(-c3ccccc3)c2c(=O)[nH]1. The molecule has 3 heterocycles. The summed E-state index contributed by atoms with van der Waals surface area (Å²) >= 11 is 2.98. The van der Waals surface area contributed by atoms with E-state index in [1.165, 1.54) is 23.1 Å². The Labute approximate surface area is 164 Å². The number of hydrogen-bond donors (Lipinski definition) is 1. The maximum Gasteiger partial charge on any atom is 0.260 e. The van der Waals surface area contributed by atoms with Gasteiger partial charge in [-0.05, 0) is 12.5 Å². The van der Waals surface area contributed by atoms with Gasteiger partial charge in [0.25, 0.3) is 5.56 Å². The molecule has 1 aromatic carbocycles. The van der Waals surface area contributed by atoms with E-state index < -0.39 is 0 Å². The Morgan fingerprint density at radius 1 is 1.30 bits per heavy atom. The van der Waals surface area contributed by atoms with Gasteiger partial charge in [-0.3, -0.25) is 4.79 Å². The highest BCUT2D eigenvalue weighted by atomic mass is 32.2. The Kier molecular flexibility index (Phi) is 4.91. The van der Waals surface area contributed by atoms with Crippen LogP contribution in [-0.4, -0.2) is 24.7 Å². The minimum atomic E-state index is -0.112. The molecule has 0 fully saturated rings. The lowest BCUT2D eigenvalue weighted by molar-refractivity contribution is 0.703. The van der Waals surface area contributed by atoms with Gasteiger partial charge in [-0.25, -0.2) is 4.98 Å². The molecule has 4 aromatic rings. The van der Waals surface area contributed by atoms with Crippen molar-refractivity contribution in [3.63, 3.8) is 0 Å². The molecule has 0 saturated heterocycles. The molecule has 8 heteroatoms. The fourth-order valence-corrected chi connectivity index (χ4v) is 4.66. The third kappa shape index (κ3) is 3.45. The van der Waals surface area contributed by atoms with Crippen molar-refractivity contribution in [2.45, 2.75) is 24.4 Å². The zero-order valence-electron chi connectivity index (χ0n) is 14.7. The summed E-state index contributed by atoms with van der Waals surface area (Å²) in [5, 5.41) is 11.7. The number of thioether (sulfide) groups is 1. The normalized spacial score (nSPS) is 11.1. The first kappa shape index (κ1) is 17.7. The molecule has 0 radical (unpaired) electrons. The Morgan fingerprint density at radius 3 is 2.89 bits per heavy atom. The van der Waals surface area contributed by atoms with Crippen LogP contribution in [0.4, 0.5) is 0 Å². The van der Waals surface area contributed by atoms with Gasteiger partial charge in [0.15, 0.2) is 5.16 Å². The number of fused-ring (bicyclic) bond motifs is 1. The predicted molar refractivity (Wildman–Crippen MR) is 110 cm³/mol. The number of allylic oxidation sites excluding steroid dienone is 1. The van der Waals surface area contributed by atoms with Gasteiger partial charge in [-0.1, -0.05) is 48.2 Å². The molecule has 4 rings (SSSR count). The van der Waals surface area contributed by atoms with E-state index in [9.17, 15) is 4.79 Å². The fourth-order valence-electron chi connectivity index (χ4n) is 2.83. The quantitative estimate of drug-likeness (QED) is 0.394. The fraction of sp³-hybridized carbons (Fsp3) is 0.158. The highest BCUT2D eigenvalue weighted by Gasteiger charge is 2.14. The van der Waals surface area contributed by atoms with Crippen LogP contribution in [0.1, 0.15) is 11.6 Å². The Morgan fingerprint density at radius 2 is 2.11 bits per heavy atom. The van der Waals surface area contributed by atoms with Crippen LogP contribution < -0.4 is 5.56 Å². The van der Waals surface area contributed by atoms with Crippen LogP contribution >= 0.6 is 23.1 Å². The molecule has 0 aliphatic rings. The summed E-state index contributed by atoms with van der Waals surface area (Å²) < 4.78 is 1.98. The van der Waals surface area contributed by atoms with Gasteiger partial charge in [0.05, 0.1) is 11.1 Å². The average molecular weight is 396 g/mol. The summed E-state index contributed by atoms with van der Waals surface area (Å²) in [6.45, 7) is 6.32. The Balaban J connectivity index is 1.63. The first-order valence-electron chi connectivity index (χ1n) is 8.36. The molecule has 0 amide bonds. The number of aromatic nitrogens is 5. The molecular weight excluding hydrogens is 378 g/mol. The van der Waals surface area contributed by atoms with Gasteiger partial charge in [0, 0.05) is 17.5 Å². The number of aryl methyl sites for hydroxylation is 1. The van der Waals surface area contributed by atoms with Gasteiger partial charge in [-0.2, -0.15) is 0 Å². The molecule has 27 heavy (non-hydrogen) atoms. The van der Waals surface area contributed by atoms with Crippen molar-refractivity contribution in [1.29, 1.82) is 0 Å². The van der Waals surface area contributed by atoms with Crippen LogP contribution in [0.3, 0.4) is 0 Å². The summed E-state index contributed by atoms with van der Waals surface area (Å²) in [7, 11) is 0. The average Bonchev–Trinajstić information content (AvgIpc) is 3.26. The van der Waals surface area contributed by atoms with E-state index in [1.807, 2.05) is 53.3 Å². The lowest BCUT2D eigenvalue weighted by Gasteiger charge is -2.05. The van der Waals surface area contributed by atoms with E-state index in [-0.39, 0.29) is 5.56 Å². The second kappa shape index (κ2) is 7.50. The summed E-state index contributed by atoms with van der Waals surface area (Å²) in [4.78, 5) is 21.0. The standard InChI is InChI=1S/C19H17N5OS2/c1-3-9-24-12(2)22-23-19(24)27-11-15-20-17(25)16-14(10-26-18(16)21-15)13-7-5-4-6-8-13/h3-8,10H,1,9,11H2,2H3,(H,20,21,25). The predicted octanol–water partition coefficient (Wildman–Crippen LogP) is 4.03. The number of nitrogens with one attached hydrogen (secondary N) is 1. The van der Waals surface area contributed by atoms with Gasteiger partial charge in [0.1, 0.15) is 16.5 Å². The molecule has 0 unspecified atom stereocenters. The van der Waals surface area contributed by atoms with Crippen LogP contribution in [0, 0.1) is 6.92 Å². The van der Waals surface area contributed by atoms with E-state index in [4.69, 9.17) is 0 Å². The number of thiophene rings is 1. The number of H-pyrrole nitrogens is 1. The molecule has 0 atom stereocenters. The van der Waals surface area contributed by atoms with Crippen molar-refractivity contribution >= 4 is 33.3 Å². The number of rotatable bonds is 6. The van der Waals surface area contributed by atoms with Crippen LogP contribution in [-0.2, 0) is 12.3 Å². The topological polar surface area (TPSA) is 76.5 Å². The van der Waals surface area contributed by atoms with Gasteiger partial charge in [0.2, 0.25) is 0 Å². The smallest absolute Gasteiger partial charge is 0.260 e. The maximum atomic E-state index is 12.7. The van der Waals surface area contributed by atoms with Crippen LogP contribution in [0.15, 0.2) is 58.3 Å². The molecule has 136 valence electrons. The van der Waals surface area contributed by atoms with Gasteiger partial charge in [-0.15, -0.1) is 28.1 Å². The molecule has 0 saturated carbocycles. The molecule has 6 nitrogen and oxygen atoms in total. The highest BCUT2D eigenvalue weighted by Crippen LogP contribution is 2.31. The number of benzene rings is 1. The van der Waals surface area contributed by atoms with Gasteiger partial charge < -0.3 is 9.55 Å². The van der Waals surface area contributed by atoms with E-state index in [1.54, 1.807) is 0 Å². The first-order valence-corrected chi connectivity index (χ1v) is 10.2. The molecule has 3 aromatic heterocycles. The number of nitrogens with zero attached hydrogens (tertiary/aromatic N) is 4. The van der Waals surface area contributed by atoms with Crippen molar-refractivity contribution in [1.82, 2.24) is 24.7 Å². The largest absolute Gasteiger partial charge is 0.309 e. The van der Waals surface area contributed by atoms with E-state index in [0.29, 0.717) is 23.5 Å². The number of aromatic amines is 1. The van der Waals surface area contributed by atoms with Gasteiger partial charge >= 0.3 is 0 Å². The van der Waals surface area contributed by atoms with Crippen LogP contribution in [0.2, 0.25) is 0 Å². The van der Waals surface area contributed by atoms with Crippen LogP contribution in [0.25, 0.3) is 21.3 Å². The van der Waals surface area contributed by atoms with Crippen molar-refractivity contribution in [3.05, 3.63) is 70.4 Å². The summed E-state index contributed by atoms with van der Waals surface area (Å²) in [5.41, 5.74) is 1.83. The zero-order valence-corrected chi connectivity index (χ0v) is 16.3. The minimum absolute atomic E-state index is 0.112. The zero-order chi connectivity index (χ0) is 18.8. The molecule has 0 aliphatic carbocycles.